The fourth-order valence-electron chi connectivity index (χ4n) is 5.23. The summed E-state index contributed by atoms with van der Waals surface area (Å²) in [6, 6.07) is 14.1. The largest absolute Gasteiger partial charge is 0.461 e. The van der Waals surface area contributed by atoms with E-state index in [-0.39, 0.29) is 19.1 Å². The first-order valence-electron chi connectivity index (χ1n) is 14.5. The van der Waals surface area contributed by atoms with E-state index in [4.69, 9.17) is 19.6 Å². The number of ether oxygens (including phenoxy) is 2. The highest BCUT2D eigenvalue weighted by molar-refractivity contribution is 7.89. The Morgan fingerprint density at radius 1 is 1.20 bits per heavy atom. The molecule has 2 aromatic heterocycles. The smallest absolute Gasteiger partial charge is 0.358 e. The summed E-state index contributed by atoms with van der Waals surface area (Å²) in [5.74, 6) is 5.92. The van der Waals surface area contributed by atoms with Crippen molar-refractivity contribution in [1.82, 2.24) is 9.55 Å². The number of thiazole rings is 1. The number of esters is 1. The van der Waals surface area contributed by atoms with Gasteiger partial charge < -0.3 is 14.0 Å². The van der Waals surface area contributed by atoms with Crippen LogP contribution < -0.4 is 5.14 Å². The number of halogens is 1. The second-order valence-electron chi connectivity index (χ2n) is 11.2. The minimum Gasteiger partial charge on any atom is -0.461 e. The second-order valence-corrected chi connectivity index (χ2v) is 13.9. The van der Waals surface area contributed by atoms with Crippen molar-refractivity contribution in [2.75, 3.05) is 19.8 Å². The first-order valence-corrected chi connectivity index (χ1v) is 16.8. The van der Waals surface area contributed by atoms with Crippen molar-refractivity contribution in [3.63, 3.8) is 0 Å². The van der Waals surface area contributed by atoms with Gasteiger partial charge in [0.25, 0.3) is 0 Å². The van der Waals surface area contributed by atoms with E-state index in [0.29, 0.717) is 35.4 Å². The summed E-state index contributed by atoms with van der Waals surface area (Å²) in [6.45, 7) is 5.45. The lowest BCUT2D eigenvalue weighted by Crippen LogP contribution is -2.25. The standard InChI is InChI=1S/C33H32FN3O5S2/c1-3-42-33(38)31-20(2)43-32(36-31)26-16-28(25-6-4-5-21(13-25)9-10-24-18-41-19-24)37(29(26)15-22-7-8-22)17-23-11-12-30(27(34)14-23)44(35,39)40/h4-6,11-14,16,22,24H,3,7-8,15,17-19H2,1-2H3,(H2,35,39,40). The normalized spacial score (nSPS) is 15.0. The topological polar surface area (TPSA) is 114 Å². The zero-order valence-corrected chi connectivity index (χ0v) is 26.1. The molecule has 0 amide bonds. The van der Waals surface area contributed by atoms with Gasteiger partial charge in [-0.2, -0.15) is 0 Å². The molecule has 0 atom stereocenters. The minimum atomic E-state index is -4.20. The third-order valence-electron chi connectivity index (χ3n) is 7.74. The first-order chi connectivity index (χ1) is 21.1. The highest BCUT2D eigenvalue weighted by Gasteiger charge is 2.29. The highest BCUT2D eigenvalue weighted by atomic mass is 32.2. The number of aryl methyl sites for hydroxylation is 1. The van der Waals surface area contributed by atoms with Crippen molar-refractivity contribution in [1.29, 1.82) is 0 Å². The highest BCUT2D eigenvalue weighted by Crippen LogP contribution is 2.41. The van der Waals surface area contributed by atoms with Crippen LogP contribution in [0.2, 0.25) is 0 Å². The van der Waals surface area contributed by atoms with Gasteiger partial charge in [0, 0.05) is 33.9 Å². The van der Waals surface area contributed by atoms with Gasteiger partial charge >= 0.3 is 5.97 Å². The number of nitrogens with zero attached hydrogens (tertiary/aromatic N) is 2. The van der Waals surface area contributed by atoms with Crippen molar-refractivity contribution >= 4 is 27.3 Å². The Labute approximate surface area is 260 Å². The van der Waals surface area contributed by atoms with Gasteiger partial charge in [-0.25, -0.2) is 27.7 Å². The van der Waals surface area contributed by atoms with Crippen molar-refractivity contribution in [3.8, 4) is 33.7 Å². The van der Waals surface area contributed by atoms with Crippen LogP contribution in [0.1, 0.15) is 52.0 Å². The third kappa shape index (κ3) is 6.49. The lowest BCUT2D eigenvalue weighted by atomic mass is 10.1. The van der Waals surface area contributed by atoms with Gasteiger partial charge in [-0.15, -0.1) is 11.3 Å². The van der Waals surface area contributed by atoms with E-state index in [2.05, 4.69) is 22.5 Å². The zero-order valence-electron chi connectivity index (χ0n) is 24.4. The van der Waals surface area contributed by atoms with E-state index in [9.17, 15) is 17.6 Å². The van der Waals surface area contributed by atoms with Crippen LogP contribution in [0.5, 0.6) is 0 Å². The van der Waals surface area contributed by atoms with Gasteiger partial charge in [-0.3, -0.25) is 0 Å². The molecule has 11 heteroatoms. The predicted molar refractivity (Wildman–Crippen MR) is 166 cm³/mol. The maximum absolute atomic E-state index is 14.9. The molecule has 1 saturated heterocycles. The van der Waals surface area contributed by atoms with Crippen LogP contribution in [0, 0.1) is 36.4 Å². The summed E-state index contributed by atoms with van der Waals surface area (Å²) in [5, 5.41) is 5.91. The molecule has 2 N–H and O–H groups in total. The van der Waals surface area contributed by atoms with E-state index in [1.54, 1.807) is 13.0 Å². The van der Waals surface area contributed by atoms with Crippen molar-refractivity contribution < 1.29 is 27.1 Å². The molecule has 2 fully saturated rings. The lowest BCUT2D eigenvalue weighted by molar-refractivity contribution is -0.00300. The number of carbonyl (C=O) groups excluding carboxylic acids is 1. The maximum atomic E-state index is 14.9. The maximum Gasteiger partial charge on any atom is 0.358 e. The fourth-order valence-corrected chi connectivity index (χ4v) is 6.75. The van der Waals surface area contributed by atoms with Gasteiger partial charge in [0.1, 0.15) is 15.7 Å². The van der Waals surface area contributed by atoms with Crippen LogP contribution in [-0.2, 0) is 32.5 Å². The Morgan fingerprint density at radius 3 is 2.66 bits per heavy atom. The molecule has 1 aliphatic heterocycles. The number of hydrogen-bond acceptors (Lipinski definition) is 7. The molecule has 3 heterocycles. The summed E-state index contributed by atoms with van der Waals surface area (Å²) >= 11 is 1.44. The second kappa shape index (κ2) is 12.3. The minimum absolute atomic E-state index is 0.233. The summed E-state index contributed by atoms with van der Waals surface area (Å²) in [4.78, 5) is 17.6. The fraction of sp³-hybridized carbons (Fsp3) is 0.333. The Balaban J connectivity index is 1.49. The van der Waals surface area contributed by atoms with Gasteiger partial charge in [0.2, 0.25) is 10.0 Å². The number of hydrogen-bond donors (Lipinski definition) is 1. The number of nitrogens with two attached hydrogens (primary N) is 1. The molecule has 228 valence electrons. The zero-order chi connectivity index (χ0) is 31.0. The Bertz CT molecular complexity index is 1910. The molecule has 0 bridgehead atoms. The number of aromatic nitrogens is 2. The average Bonchev–Trinajstić information content (AvgIpc) is 3.59. The molecule has 0 radical (unpaired) electrons. The number of benzene rings is 2. The lowest BCUT2D eigenvalue weighted by Gasteiger charge is -2.20. The molecular weight excluding hydrogens is 602 g/mol. The SMILES string of the molecule is CCOC(=O)c1nc(-c2cc(-c3cccc(C#CC4COC4)c3)n(Cc3ccc(S(N)(=O)=O)c(F)c3)c2CC2CC2)sc1C. The molecule has 6 rings (SSSR count). The first kappa shape index (κ1) is 30.2. The molecule has 8 nitrogen and oxygen atoms in total. The van der Waals surface area contributed by atoms with Gasteiger partial charge in [0.15, 0.2) is 5.69 Å². The summed E-state index contributed by atoms with van der Waals surface area (Å²) in [5.41, 5.74) is 5.48. The van der Waals surface area contributed by atoms with Crippen LogP contribution >= 0.6 is 11.3 Å². The predicted octanol–water partition coefficient (Wildman–Crippen LogP) is 5.55. The van der Waals surface area contributed by atoms with E-state index in [1.165, 1.54) is 23.5 Å². The van der Waals surface area contributed by atoms with Crippen LogP contribution in [-0.4, -0.2) is 43.8 Å². The van der Waals surface area contributed by atoms with E-state index in [1.807, 2.05) is 31.2 Å². The Hall–Kier alpha value is -3.82. The van der Waals surface area contributed by atoms with Crippen molar-refractivity contribution in [2.45, 2.75) is 44.6 Å². The quantitative estimate of drug-likeness (QED) is 0.191. The van der Waals surface area contributed by atoms with Gasteiger partial charge in [-0.05, 0) is 80.5 Å². The molecule has 4 aromatic rings. The average molecular weight is 634 g/mol. The molecule has 0 spiro atoms. The number of primary sulfonamides is 1. The Kier molecular flexibility index (Phi) is 8.44. The van der Waals surface area contributed by atoms with Crippen LogP contribution in [0.3, 0.4) is 0 Å². The number of carbonyl (C=O) groups is 1. The monoisotopic (exact) mass is 633 g/mol. The summed E-state index contributed by atoms with van der Waals surface area (Å²) in [6.07, 6.45) is 3.00. The van der Waals surface area contributed by atoms with E-state index >= 15 is 0 Å². The molecule has 2 aliphatic rings. The number of sulfonamides is 1. The van der Waals surface area contributed by atoms with Crippen molar-refractivity contribution in [2.24, 2.45) is 17.0 Å². The molecule has 44 heavy (non-hydrogen) atoms. The van der Waals surface area contributed by atoms with Gasteiger partial charge in [0.05, 0.1) is 25.7 Å². The molecular formula is C33H32FN3O5S2. The van der Waals surface area contributed by atoms with Crippen LogP contribution in [0.15, 0.2) is 53.4 Å². The molecule has 2 aromatic carbocycles. The van der Waals surface area contributed by atoms with E-state index in [0.717, 1.165) is 52.2 Å². The Morgan fingerprint density at radius 2 is 2.00 bits per heavy atom. The van der Waals surface area contributed by atoms with Crippen LogP contribution in [0.4, 0.5) is 4.39 Å². The number of rotatable bonds is 9. The molecule has 0 unspecified atom stereocenters. The third-order valence-corrected chi connectivity index (χ3v) is 9.69. The summed E-state index contributed by atoms with van der Waals surface area (Å²) < 4.78 is 51.3. The summed E-state index contributed by atoms with van der Waals surface area (Å²) in [7, 11) is -4.20. The molecule has 1 aliphatic carbocycles. The molecule has 1 saturated carbocycles. The van der Waals surface area contributed by atoms with E-state index < -0.39 is 26.7 Å². The van der Waals surface area contributed by atoms with Crippen molar-refractivity contribution in [3.05, 3.63) is 81.7 Å². The van der Waals surface area contributed by atoms with Crippen LogP contribution in [0.25, 0.3) is 21.8 Å². The van der Waals surface area contributed by atoms with Gasteiger partial charge in [-0.1, -0.05) is 30.0 Å².